The third-order valence-electron chi connectivity index (χ3n) is 11.9. The summed E-state index contributed by atoms with van der Waals surface area (Å²) in [6, 6.07) is 0.447. The summed E-state index contributed by atoms with van der Waals surface area (Å²) in [7, 11) is 2.44. The molecule has 1 heterocycles. The first-order valence-corrected chi connectivity index (χ1v) is 13.6. The van der Waals surface area contributed by atoms with Gasteiger partial charge in [0.15, 0.2) is 6.10 Å². The minimum absolute atomic E-state index is 0. The van der Waals surface area contributed by atoms with Gasteiger partial charge < -0.3 is 26.2 Å². The fraction of sp³-hybridized carbons (Fsp3) is 0.929. The van der Waals surface area contributed by atoms with E-state index in [-0.39, 0.29) is 34.5 Å². The van der Waals surface area contributed by atoms with Crippen molar-refractivity contribution in [3.05, 3.63) is 0 Å². The lowest BCUT2D eigenvalue weighted by Gasteiger charge is -2.62. The average molecular weight is 525 g/mol. The average Bonchev–Trinajstić information content (AvgIpc) is 3.31. The first kappa shape index (κ1) is 25.7. The number of fused-ring (bicyclic) bond motifs is 5. The van der Waals surface area contributed by atoms with Crippen LogP contribution in [0.4, 0.5) is 0 Å². The molecule has 4 nitrogen and oxygen atoms in total. The zero-order valence-electron chi connectivity index (χ0n) is 21.6. The number of ether oxygens (including phenoxy) is 1. The number of carbonyl (C=O) groups is 2. The molecule has 188 valence electrons. The summed E-state index contributed by atoms with van der Waals surface area (Å²) in [5.41, 5.74) is 0.585. The van der Waals surface area contributed by atoms with Crippen LogP contribution in [0, 0.1) is 40.4 Å². The largest absolute Gasteiger partial charge is 1.00 e. The fourth-order valence-corrected chi connectivity index (χ4v) is 10.3. The van der Waals surface area contributed by atoms with Gasteiger partial charge in [-0.05, 0) is 86.4 Å². The number of rotatable bonds is 3. The number of hydrogen-bond acceptors (Lipinski definition) is 3. The Balaban J connectivity index is 0.00000259. The Morgan fingerprint density at radius 1 is 0.909 bits per heavy atom. The first-order chi connectivity index (χ1) is 15.1. The van der Waals surface area contributed by atoms with Gasteiger partial charge in [0.1, 0.15) is 11.8 Å². The van der Waals surface area contributed by atoms with Crippen molar-refractivity contribution < 1.29 is 35.8 Å². The second-order valence-electron chi connectivity index (χ2n) is 13.2. The number of esters is 1. The van der Waals surface area contributed by atoms with Crippen molar-refractivity contribution >= 4 is 11.8 Å². The van der Waals surface area contributed by atoms with Crippen LogP contribution in [0.25, 0.3) is 0 Å². The maximum Gasteiger partial charge on any atom is 0.303 e. The van der Waals surface area contributed by atoms with E-state index in [0.29, 0.717) is 29.1 Å². The van der Waals surface area contributed by atoms with Gasteiger partial charge in [-0.1, -0.05) is 13.8 Å². The van der Waals surface area contributed by atoms with Gasteiger partial charge in [0.25, 0.3) is 0 Å². The number of likely N-dealkylation sites (tertiary alicyclic amines) is 1. The number of Topliss-reactive ketones (excluding diaryl/α,β-unsaturated/α-hetero) is 1. The standard InChI is InChI=1S/C28H46NO3.BrH/c1-18(30)22-10-11-23-21-9-8-20-16-26(32-19(2)31)25(29(5)14-6-7-15-29)17-28(20,4)24(21)12-13-27(22,23)3;/h20-26H,6-17H2,1-5H3;1H/q+1;/p-1/t20-,21-,22+,23-,24-,25-,26-,27+,28-;/m0./s1. The van der Waals surface area contributed by atoms with Gasteiger partial charge in [-0.15, -0.1) is 0 Å². The number of quaternary nitrogens is 1. The van der Waals surface area contributed by atoms with Crippen molar-refractivity contribution in [2.45, 2.75) is 104 Å². The number of likely N-dealkylation sites (N-methyl/N-ethyl adjacent to an activating group) is 1. The second kappa shape index (κ2) is 8.91. The quantitative estimate of drug-likeness (QED) is 0.421. The summed E-state index contributed by atoms with van der Waals surface area (Å²) in [5.74, 6) is 3.59. The minimum Gasteiger partial charge on any atom is -1.00 e. The van der Waals surface area contributed by atoms with Crippen molar-refractivity contribution in [3.63, 3.8) is 0 Å². The van der Waals surface area contributed by atoms with E-state index in [9.17, 15) is 9.59 Å². The van der Waals surface area contributed by atoms with Crippen LogP contribution in [-0.4, -0.2) is 48.5 Å². The Labute approximate surface area is 211 Å². The maximum absolute atomic E-state index is 12.5. The highest BCUT2D eigenvalue weighted by Crippen LogP contribution is 2.68. The van der Waals surface area contributed by atoms with Crippen LogP contribution in [0.5, 0.6) is 0 Å². The number of carbonyl (C=O) groups excluding carboxylic acids is 2. The summed E-state index contributed by atoms with van der Waals surface area (Å²) in [6.45, 7) is 11.0. The topological polar surface area (TPSA) is 43.4 Å². The smallest absolute Gasteiger partial charge is 0.303 e. The monoisotopic (exact) mass is 523 g/mol. The van der Waals surface area contributed by atoms with Crippen LogP contribution in [0.15, 0.2) is 0 Å². The zero-order valence-corrected chi connectivity index (χ0v) is 23.2. The molecule has 0 bridgehead atoms. The summed E-state index contributed by atoms with van der Waals surface area (Å²) in [4.78, 5) is 24.5. The molecule has 9 atom stereocenters. The molecule has 1 saturated heterocycles. The SMILES string of the molecule is CC(=O)O[C@H]1C[C@@H]2CC[C@@H]3[C@H](CC[C@]4(C)[C@@H](C(C)=O)CC[C@@H]34)[C@@]2(C)C[C@@H]1[N+]1(C)CCCC1.[Br-]. The van der Waals surface area contributed by atoms with Gasteiger partial charge in [-0.25, -0.2) is 0 Å². The van der Waals surface area contributed by atoms with Gasteiger partial charge in [0, 0.05) is 32.1 Å². The lowest BCUT2D eigenvalue weighted by atomic mass is 9.44. The van der Waals surface area contributed by atoms with E-state index in [1.165, 1.54) is 64.5 Å². The Kier molecular flexibility index (Phi) is 6.93. The highest BCUT2D eigenvalue weighted by Gasteiger charge is 2.63. The first-order valence-electron chi connectivity index (χ1n) is 13.6. The molecule has 0 amide bonds. The van der Waals surface area contributed by atoms with Crippen molar-refractivity contribution in [2.75, 3.05) is 20.1 Å². The van der Waals surface area contributed by atoms with Gasteiger partial charge in [0.2, 0.25) is 0 Å². The molecule has 0 aromatic heterocycles. The van der Waals surface area contributed by atoms with Crippen molar-refractivity contribution in [3.8, 4) is 0 Å². The van der Waals surface area contributed by atoms with Crippen LogP contribution in [0.1, 0.15) is 91.9 Å². The lowest BCUT2D eigenvalue weighted by molar-refractivity contribution is -0.927. The Bertz CT molecular complexity index is 779. The predicted molar refractivity (Wildman–Crippen MR) is 126 cm³/mol. The van der Waals surface area contributed by atoms with Crippen molar-refractivity contribution in [1.29, 1.82) is 0 Å². The van der Waals surface area contributed by atoms with Gasteiger partial charge >= 0.3 is 5.97 Å². The number of halogens is 1. The van der Waals surface area contributed by atoms with E-state index in [1.807, 2.05) is 6.92 Å². The van der Waals surface area contributed by atoms with Crippen LogP contribution < -0.4 is 17.0 Å². The molecule has 0 unspecified atom stereocenters. The molecule has 4 saturated carbocycles. The molecular formula is C28H46BrNO3. The van der Waals surface area contributed by atoms with Crippen LogP contribution >= 0.6 is 0 Å². The molecule has 0 aromatic rings. The third-order valence-corrected chi connectivity index (χ3v) is 11.9. The Hall–Kier alpha value is -0.420. The molecule has 5 heteroatoms. The Morgan fingerprint density at radius 3 is 2.21 bits per heavy atom. The summed E-state index contributed by atoms with van der Waals surface area (Å²) >= 11 is 0. The molecule has 5 fully saturated rings. The third kappa shape index (κ3) is 3.96. The highest BCUT2D eigenvalue weighted by atomic mass is 79.9. The molecule has 33 heavy (non-hydrogen) atoms. The molecule has 0 spiro atoms. The van der Waals surface area contributed by atoms with Crippen LogP contribution in [0.3, 0.4) is 0 Å². The van der Waals surface area contributed by atoms with Crippen LogP contribution in [0.2, 0.25) is 0 Å². The maximum atomic E-state index is 12.5. The fourth-order valence-electron chi connectivity index (χ4n) is 10.3. The summed E-state index contributed by atoms with van der Waals surface area (Å²) in [6.07, 6.45) is 12.5. The van der Waals surface area contributed by atoms with Crippen LogP contribution in [-0.2, 0) is 14.3 Å². The summed E-state index contributed by atoms with van der Waals surface area (Å²) < 4.78 is 7.15. The van der Waals surface area contributed by atoms with E-state index in [1.54, 1.807) is 6.92 Å². The second-order valence-corrected chi connectivity index (χ2v) is 13.2. The highest BCUT2D eigenvalue weighted by molar-refractivity contribution is 5.79. The van der Waals surface area contributed by atoms with Crippen molar-refractivity contribution in [1.82, 2.24) is 0 Å². The van der Waals surface area contributed by atoms with E-state index >= 15 is 0 Å². The van der Waals surface area contributed by atoms with Gasteiger partial charge in [0.05, 0.1) is 20.1 Å². The lowest BCUT2D eigenvalue weighted by Crippen LogP contribution is -3.00. The van der Waals surface area contributed by atoms with E-state index in [2.05, 4.69) is 20.9 Å². The minimum atomic E-state index is -0.0993. The van der Waals surface area contributed by atoms with Gasteiger partial charge in [-0.3, -0.25) is 9.59 Å². The molecule has 5 rings (SSSR count). The molecule has 5 aliphatic rings. The zero-order chi connectivity index (χ0) is 22.9. The molecular weight excluding hydrogens is 478 g/mol. The van der Waals surface area contributed by atoms with E-state index in [0.717, 1.165) is 35.1 Å². The molecule has 4 aliphatic carbocycles. The van der Waals surface area contributed by atoms with E-state index in [4.69, 9.17) is 4.74 Å². The Morgan fingerprint density at radius 2 is 1.58 bits per heavy atom. The molecule has 0 aromatic carbocycles. The molecule has 1 aliphatic heterocycles. The van der Waals surface area contributed by atoms with E-state index < -0.39 is 0 Å². The predicted octanol–water partition coefficient (Wildman–Crippen LogP) is 2.39. The van der Waals surface area contributed by atoms with Crippen molar-refractivity contribution in [2.24, 2.45) is 40.4 Å². The number of nitrogens with zero attached hydrogens (tertiary/aromatic N) is 1. The molecule has 0 N–H and O–H groups in total. The summed E-state index contributed by atoms with van der Waals surface area (Å²) in [5, 5.41) is 0. The normalized spacial score (nSPS) is 48.1. The number of hydrogen-bond donors (Lipinski definition) is 0. The number of ketones is 1. The molecule has 0 radical (unpaired) electrons. The van der Waals surface area contributed by atoms with Gasteiger partial charge in [-0.2, -0.15) is 0 Å².